The van der Waals surface area contributed by atoms with Gasteiger partial charge in [-0.05, 0) is 24.5 Å². The number of para-hydroxylation sites is 1. The van der Waals surface area contributed by atoms with E-state index < -0.39 is 0 Å². The Balaban J connectivity index is 2.26. The molecule has 0 heterocycles. The second-order valence-electron chi connectivity index (χ2n) is 4.59. The quantitative estimate of drug-likeness (QED) is 0.732. The summed E-state index contributed by atoms with van der Waals surface area (Å²) in [5, 5.41) is 5.51. The van der Waals surface area contributed by atoms with Crippen LogP contribution in [0.3, 0.4) is 0 Å². The minimum absolute atomic E-state index is 0.0107. The van der Waals surface area contributed by atoms with E-state index in [9.17, 15) is 4.79 Å². The van der Waals surface area contributed by atoms with Crippen molar-refractivity contribution < 1.29 is 4.79 Å². The zero-order chi connectivity index (χ0) is 12.7. The Bertz CT molecular complexity index is 338. The van der Waals surface area contributed by atoms with E-state index in [2.05, 4.69) is 24.5 Å². The number of amides is 2. The number of rotatable bonds is 5. The maximum Gasteiger partial charge on any atom is 0.319 e. The molecular weight excluding hydrogens is 214 g/mol. The molecule has 1 unspecified atom stereocenters. The Kier molecular flexibility index (Phi) is 5.49. The lowest BCUT2D eigenvalue weighted by atomic mass is 10.0. The third-order valence-corrected chi connectivity index (χ3v) is 2.33. The van der Waals surface area contributed by atoms with Crippen molar-refractivity contribution in [2.75, 3.05) is 11.9 Å². The monoisotopic (exact) mass is 235 g/mol. The largest absolute Gasteiger partial charge is 0.336 e. The molecule has 0 radical (unpaired) electrons. The molecule has 2 amide bonds. The van der Waals surface area contributed by atoms with Crippen LogP contribution in [-0.4, -0.2) is 18.6 Å². The van der Waals surface area contributed by atoms with Crippen LogP contribution in [0.1, 0.15) is 20.3 Å². The Hall–Kier alpha value is -1.55. The van der Waals surface area contributed by atoms with Gasteiger partial charge in [-0.1, -0.05) is 32.0 Å². The average molecular weight is 235 g/mol. The van der Waals surface area contributed by atoms with E-state index in [0.717, 1.165) is 12.1 Å². The maximum atomic E-state index is 11.5. The normalized spacial score (nSPS) is 12.2. The molecule has 0 saturated heterocycles. The summed E-state index contributed by atoms with van der Waals surface area (Å²) in [6, 6.07) is 9.13. The fraction of sp³-hybridized carbons (Fsp3) is 0.462. The number of carbonyl (C=O) groups excluding carboxylic acids is 1. The predicted octanol–water partition coefficient (Wildman–Crippen LogP) is 2.18. The second-order valence-corrected chi connectivity index (χ2v) is 4.59. The maximum absolute atomic E-state index is 11.5. The number of anilines is 1. The topological polar surface area (TPSA) is 67.1 Å². The zero-order valence-electron chi connectivity index (χ0n) is 10.4. The van der Waals surface area contributed by atoms with Crippen LogP contribution in [0.5, 0.6) is 0 Å². The first kappa shape index (κ1) is 13.5. The highest BCUT2D eigenvalue weighted by Crippen LogP contribution is 2.04. The van der Waals surface area contributed by atoms with Crippen molar-refractivity contribution in [3.05, 3.63) is 30.3 Å². The highest BCUT2D eigenvalue weighted by Gasteiger charge is 2.07. The molecule has 4 heteroatoms. The van der Waals surface area contributed by atoms with Crippen LogP contribution in [0, 0.1) is 5.92 Å². The Morgan fingerprint density at radius 2 is 1.94 bits per heavy atom. The summed E-state index contributed by atoms with van der Waals surface area (Å²) in [5.74, 6) is 0.545. The third-order valence-electron chi connectivity index (χ3n) is 2.33. The molecule has 1 rings (SSSR count). The van der Waals surface area contributed by atoms with Gasteiger partial charge in [0.1, 0.15) is 0 Å². The fourth-order valence-corrected chi connectivity index (χ4v) is 1.61. The summed E-state index contributed by atoms with van der Waals surface area (Å²) in [6.07, 6.45) is 0.908. The molecule has 0 saturated carbocycles. The van der Waals surface area contributed by atoms with Crippen molar-refractivity contribution >= 4 is 11.7 Å². The lowest BCUT2D eigenvalue weighted by molar-refractivity contribution is 0.251. The number of nitrogens with two attached hydrogens (primary N) is 1. The summed E-state index contributed by atoms with van der Waals surface area (Å²) < 4.78 is 0. The van der Waals surface area contributed by atoms with Gasteiger partial charge in [0.2, 0.25) is 0 Å². The first-order valence-electron chi connectivity index (χ1n) is 5.93. The highest BCUT2D eigenvalue weighted by atomic mass is 16.2. The lowest BCUT2D eigenvalue weighted by Gasteiger charge is -2.15. The molecular formula is C13H21N3O. The van der Waals surface area contributed by atoms with E-state index in [1.165, 1.54) is 0 Å². The highest BCUT2D eigenvalue weighted by molar-refractivity contribution is 5.89. The molecule has 0 spiro atoms. The van der Waals surface area contributed by atoms with Crippen LogP contribution >= 0.6 is 0 Å². The Labute approximate surface area is 103 Å². The van der Waals surface area contributed by atoms with E-state index >= 15 is 0 Å². The molecule has 4 N–H and O–H groups in total. The van der Waals surface area contributed by atoms with Crippen LogP contribution in [0.4, 0.5) is 10.5 Å². The van der Waals surface area contributed by atoms with Crippen molar-refractivity contribution in [1.29, 1.82) is 0 Å². The van der Waals surface area contributed by atoms with Gasteiger partial charge in [0.15, 0.2) is 0 Å². The molecule has 4 nitrogen and oxygen atoms in total. The van der Waals surface area contributed by atoms with E-state index in [1.54, 1.807) is 0 Å². The van der Waals surface area contributed by atoms with Gasteiger partial charge in [0, 0.05) is 18.3 Å². The van der Waals surface area contributed by atoms with Gasteiger partial charge in [-0.3, -0.25) is 0 Å². The SMILES string of the molecule is CC(C)CC(N)CNC(=O)Nc1ccccc1. The molecule has 0 aromatic heterocycles. The van der Waals surface area contributed by atoms with E-state index in [4.69, 9.17) is 5.73 Å². The minimum atomic E-state index is -0.213. The second kappa shape index (κ2) is 6.91. The molecule has 0 fully saturated rings. The first-order valence-corrected chi connectivity index (χ1v) is 5.93. The number of carbonyl (C=O) groups is 1. The summed E-state index contributed by atoms with van der Waals surface area (Å²) in [4.78, 5) is 11.5. The van der Waals surface area contributed by atoms with Gasteiger partial charge in [0.05, 0.1) is 0 Å². The molecule has 0 aliphatic carbocycles. The third kappa shape index (κ3) is 5.92. The fourth-order valence-electron chi connectivity index (χ4n) is 1.61. The van der Waals surface area contributed by atoms with E-state index in [1.807, 2.05) is 30.3 Å². The molecule has 17 heavy (non-hydrogen) atoms. The van der Waals surface area contributed by atoms with Gasteiger partial charge in [-0.25, -0.2) is 4.79 Å². The van der Waals surface area contributed by atoms with Crippen LogP contribution in [0.15, 0.2) is 30.3 Å². The molecule has 0 bridgehead atoms. The summed E-state index contributed by atoms with van der Waals surface area (Å²) in [6.45, 7) is 4.73. The molecule has 1 aromatic carbocycles. The summed E-state index contributed by atoms with van der Waals surface area (Å²) >= 11 is 0. The molecule has 94 valence electrons. The van der Waals surface area contributed by atoms with Crippen LogP contribution < -0.4 is 16.4 Å². The number of hydrogen-bond donors (Lipinski definition) is 3. The van der Waals surface area contributed by atoms with Crippen LogP contribution in [-0.2, 0) is 0 Å². The minimum Gasteiger partial charge on any atom is -0.336 e. The van der Waals surface area contributed by atoms with Gasteiger partial charge >= 0.3 is 6.03 Å². The van der Waals surface area contributed by atoms with Gasteiger partial charge in [-0.15, -0.1) is 0 Å². The molecule has 1 atom stereocenters. The average Bonchev–Trinajstić information content (AvgIpc) is 2.27. The lowest BCUT2D eigenvalue weighted by Crippen LogP contribution is -2.39. The number of benzene rings is 1. The molecule has 1 aromatic rings. The van der Waals surface area contributed by atoms with Crippen LogP contribution in [0.2, 0.25) is 0 Å². The smallest absolute Gasteiger partial charge is 0.319 e. The van der Waals surface area contributed by atoms with Crippen molar-refractivity contribution in [2.45, 2.75) is 26.3 Å². The van der Waals surface area contributed by atoms with Crippen molar-refractivity contribution in [2.24, 2.45) is 11.7 Å². The number of nitrogens with one attached hydrogen (secondary N) is 2. The summed E-state index contributed by atoms with van der Waals surface area (Å²) in [7, 11) is 0. The molecule has 0 aliphatic heterocycles. The van der Waals surface area contributed by atoms with Gasteiger partial charge in [0.25, 0.3) is 0 Å². The van der Waals surface area contributed by atoms with Crippen molar-refractivity contribution in [3.63, 3.8) is 0 Å². The number of urea groups is 1. The van der Waals surface area contributed by atoms with E-state index in [0.29, 0.717) is 12.5 Å². The Morgan fingerprint density at radius 1 is 1.29 bits per heavy atom. The van der Waals surface area contributed by atoms with E-state index in [-0.39, 0.29) is 12.1 Å². The predicted molar refractivity (Wildman–Crippen MR) is 70.9 cm³/mol. The molecule has 0 aliphatic rings. The zero-order valence-corrected chi connectivity index (χ0v) is 10.4. The van der Waals surface area contributed by atoms with Gasteiger partial charge in [-0.2, -0.15) is 0 Å². The van der Waals surface area contributed by atoms with Crippen molar-refractivity contribution in [3.8, 4) is 0 Å². The Morgan fingerprint density at radius 3 is 2.53 bits per heavy atom. The first-order chi connectivity index (χ1) is 8.08. The standard InChI is InChI=1S/C13H21N3O/c1-10(2)8-11(14)9-15-13(17)16-12-6-4-3-5-7-12/h3-7,10-11H,8-9,14H2,1-2H3,(H2,15,16,17). The summed E-state index contributed by atoms with van der Waals surface area (Å²) in [5.41, 5.74) is 6.65. The van der Waals surface area contributed by atoms with Crippen molar-refractivity contribution in [1.82, 2.24) is 5.32 Å². The van der Waals surface area contributed by atoms with Gasteiger partial charge < -0.3 is 16.4 Å². The number of hydrogen-bond acceptors (Lipinski definition) is 2. The van der Waals surface area contributed by atoms with Crippen LogP contribution in [0.25, 0.3) is 0 Å².